The van der Waals surface area contributed by atoms with Crippen molar-refractivity contribution < 1.29 is 26.4 Å². The minimum Gasteiger partial charge on any atom is -0.401 e. The van der Waals surface area contributed by atoms with E-state index in [1.165, 1.54) is 25.3 Å². The average Bonchev–Trinajstić information content (AvgIpc) is 3.13. The second kappa shape index (κ2) is 7.41. The molecule has 12 heteroatoms. The predicted molar refractivity (Wildman–Crippen MR) is 100 cm³/mol. The summed E-state index contributed by atoms with van der Waals surface area (Å²) in [7, 11) is 0. The Bertz CT molecular complexity index is 1360. The molecule has 0 unspecified atom stereocenters. The van der Waals surface area contributed by atoms with Crippen molar-refractivity contribution in [3.05, 3.63) is 68.8 Å². The fraction of sp³-hybridized carbons (Fsp3) is 0.158. The van der Waals surface area contributed by atoms with Crippen LogP contribution < -0.4 is 5.63 Å². The van der Waals surface area contributed by atoms with Crippen molar-refractivity contribution in [1.82, 2.24) is 19.7 Å². The van der Waals surface area contributed by atoms with E-state index in [1.807, 2.05) is 0 Å². The number of hydrogen-bond donors (Lipinski definition) is 0. The van der Waals surface area contributed by atoms with E-state index in [4.69, 9.17) is 16.0 Å². The summed E-state index contributed by atoms with van der Waals surface area (Å²) in [6.45, 7) is 1.34. The molecule has 0 saturated carbocycles. The highest BCUT2D eigenvalue weighted by molar-refractivity contribution is 6.32. The van der Waals surface area contributed by atoms with Crippen LogP contribution in [0.5, 0.6) is 0 Å². The molecule has 0 atom stereocenters. The van der Waals surface area contributed by atoms with E-state index in [0.717, 1.165) is 16.8 Å². The fourth-order valence-electron chi connectivity index (χ4n) is 2.98. The monoisotopic (exact) mass is 456 g/mol. The first kappa shape index (κ1) is 20.9. The van der Waals surface area contributed by atoms with Gasteiger partial charge in [0.05, 0.1) is 21.5 Å². The van der Waals surface area contributed by atoms with Crippen LogP contribution in [0.1, 0.15) is 23.2 Å². The number of aromatic nitrogens is 4. The van der Waals surface area contributed by atoms with Gasteiger partial charge in [0.2, 0.25) is 5.89 Å². The number of alkyl halides is 5. The van der Waals surface area contributed by atoms with Gasteiger partial charge in [0.1, 0.15) is 11.4 Å². The summed E-state index contributed by atoms with van der Waals surface area (Å²) in [4.78, 5) is 20.6. The minimum absolute atomic E-state index is 0.0280. The van der Waals surface area contributed by atoms with Crippen molar-refractivity contribution in [2.45, 2.75) is 19.5 Å². The maximum Gasteiger partial charge on any atom is 0.416 e. The van der Waals surface area contributed by atoms with E-state index >= 15 is 0 Å². The lowest BCUT2D eigenvalue weighted by molar-refractivity contribution is -0.137. The van der Waals surface area contributed by atoms with Crippen LogP contribution in [0.25, 0.3) is 28.3 Å². The molecular weight excluding hydrogens is 447 g/mol. The molecule has 0 N–H and O–H groups in total. The second-order valence-corrected chi connectivity index (χ2v) is 6.88. The van der Waals surface area contributed by atoms with Crippen LogP contribution in [0.4, 0.5) is 22.0 Å². The number of pyridine rings is 1. The Morgan fingerprint density at radius 2 is 1.94 bits per heavy atom. The Labute approximate surface area is 174 Å². The summed E-state index contributed by atoms with van der Waals surface area (Å²) in [5.74, 6) is -0.457. The Morgan fingerprint density at radius 1 is 1.19 bits per heavy atom. The molecule has 0 spiro atoms. The van der Waals surface area contributed by atoms with Crippen LogP contribution in [-0.2, 0) is 6.18 Å². The molecule has 4 aromatic rings. The molecular formula is C19H10ClF5N4O2. The van der Waals surface area contributed by atoms with Gasteiger partial charge >= 0.3 is 11.8 Å². The first-order chi connectivity index (χ1) is 14.6. The van der Waals surface area contributed by atoms with E-state index in [9.17, 15) is 26.7 Å². The molecule has 0 radical (unpaired) electrons. The number of nitrogens with zero attached hydrogens (tertiary/aromatic N) is 4. The number of benzene rings is 1. The molecule has 0 aliphatic carbocycles. The van der Waals surface area contributed by atoms with Gasteiger partial charge in [0, 0.05) is 6.20 Å². The van der Waals surface area contributed by atoms with Crippen LogP contribution in [0.2, 0.25) is 5.02 Å². The summed E-state index contributed by atoms with van der Waals surface area (Å²) in [5.41, 5.74) is -3.01. The largest absolute Gasteiger partial charge is 0.416 e. The first-order valence-corrected chi connectivity index (χ1v) is 8.96. The van der Waals surface area contributed by atoms with Crippen molar-refractivity contribution in [2.75, 3.05) is 0 Å². The quantitative estimate of drug-likeness (QED) is 0.388. The fourth-order valence-corrected chi connectivity index (χ4v) is 3.18. The SMILES string of the molecule is Cc1cc(C(F)(F)F)cc2c(=O)oc(-c3cc(C(F)F)nn3-c3ncccc3Cl)nc12. The van der Waals surface area contributed by atoms with E-state index in [1.54, 1.807) is 0 Å². The number of halogens is 6. The number of fused-ring (bicyclic) bond motifs is 1. The molecule has 6 nitrogen and oxygen atoms in total. The maximum atomic E-state index is 13.3. The number of rotatable bonds is 3. The van der Waals surface area contributed by atoms with Gasteiger partial charge in [0.25, 0.3) is 6.43 Å². The van der Waals surface area contributed by atoms with E-state index < -0.39 is 40.8 Å². The van der Waals surface area contributed by atoms with Crippen molar-refractivity contribution in [3.63, 3.8) is 0 Å². The molecule has 1 aromatic carbocycles. The highest BCUT2D eigenvalue weighted by Crippen LogP contribution is 2.33. The minimum atomic E-state index is -4.68. The average molecular weight is 457 g/mol. The van der Waals surface area contributed by atoms with Crippen molar-refractivity contribution in [1.29, 1.82) is 0 Å². The third kappa shape index (κ3) is 3.76. The van der Waals surface area contributed by atoms with Crippen molar-refractivity contribution in [2.24, 2.45) is 0 Å². The third-order valence-electron chi connectivity index (χ3n) is 4.36. The molecule has 3 aromatic heterocycles. The van der Waals surface area contributed by atoms with E-state index in [-0.39, 0.29) is 27.6 Å². The van der Waals surface area contributed by atoms with E-state index in [2.05, 4.69) is 15.1 Å². The van der Waals surface area contributed by atoms with Crippen LogP contribution in [0.3, 0.4) is 0 Å². The van der Waals surface area contributed by atoms with Crippen LogP contribution in [-0.4, -0.2) is 19.7 Å². The van der Waals surface area contributed by atoms with Gasteiger partial charge in [-0.1, -0.05) is 11.6 Å². The topological polar surface area (TPSA) is 73.8 Å². The zero-order valence-electron chi connectivity index (χ0n) is 15.4. The lowest BCUT2D eigenvalue weighted by Crippen LogP contribution is -2.11. The zero-order valence-corrected chi connectivity index (χ0v) is 16.2. The van der Waals surface area contributed by atoms with Gasteiger partial charge in [0.15, 0.2) is 5.82 Å². The molecule has 3 heterocycles. The molecule has 0 aliphatic rings. The normalized spacial score (nSPS) is 12.1. The van der Waals surface area contributed by atoms with Gasteiger partial charge in [-0.2, -0.15) is 18.3 Å². The van der Waals surface area contributed by atoms with Crippen LogP contribution in [0, 0.1) is 6.92 Å². The Balaban J connectivity index is 1.99. The lowest BCUT2D eigenvalue weighted by Gasteiger charge is -2.10. The standard InChI is InChI=1S/C19H10ClF5N4O2/c1-8-5-9(19(23,24)25)6-10-14(8)27-17(31-18(10)30)13-7-12(15(21)22)28-29(13)16-11(20)3-2-4-26-16/h2-7,15H,1H3. The van der Waals surface area contributed by atoms with E-state index in [0.29, 0.717) is 6.07 Å². The molecule has 4 rings (SSSR count). The zero-order chi connectivity index (χ0) is 22.5. The van der Waals surface area contributed by atoms with Gasteiger partial charge in [-0.15, -0.1) is 0 Å². The highest BCUT2D eigenvalue weighted by Gasteiger charge is 2.32. The van der Waals surface area contributed by atoms with Crippen molar-refractivity contribution >= 4 is 22.5 Å². The third-order valence-corrected chi connectivity index (χ3v) is 4.66. The molecule has 160 valence electrons. The molecule has 0 saturated heterocycles. The molecule has 0 aliphatic heterocycles. The van der Waals surface area contributed by atoms with Crippen LogP contribution in [0.15, 0.2) is 45.7 Å². The molecule has 0 fully saturated rings. The maximum absolute atomic E-state index is 13.3. The molecule has 31 heavy (non-hydrogen) atoms. The highest BCUT2D eigenvalue weighted by atomic mass is 35.5. The Morgan fingerprint density at radius 3 is 2.58 bits per heavy atom. The van der Waals surface area contributed by atoms with Gasteiger partial charge in [-0.3, -0.25) is 0 Å². The smallest absolute Gasteiger partial charge is 0.401 e. The predicted octanol–water partition coefficient (Wildman–Crippen LogP) is 5.35. The molecule has 0 bridgehead atoms. The van der Waals surface area contributed by atoms with Gasteiger partial charge in [-0.25, -0.2) is 28.2 Å². The molecule has 0 amide bonds. The summed E-state index contributed by atoms with van der Waals surface area (Å²) < 4.78 is 71.8. The number of aryl methyl sites for hydroxylation is 1. The first-order valence-electron chi connectivity index (χ1n) is 8.58. The summed E-state index contributed by atoms with van der Waals surface area (Å²) >= 11 is 6.09. The lowest BCUT2D eigenvalue weighted by atomic mass is 10.1. The second-order valence-electron chi connectivity index (χ2n) is 6.47. The summed E-state index contributed by atoms with van der Waals surface area (Å²) in [6.07, 6.45) is -6.29. The Hall–Kier alpha value is -3.34. The summed E-state index contributed by atoms with van der Waals surface area (Å²) in [5, 5.41) is 3.44. The summed E-state index contributed by atoms with van der Waals surface area (Å²) in [6, 6.07) is 5.36. The van der Waals surface area contributed by atoms with Crippen LogP contribution >= 0.6 is 11.6 Å². The number of hydrogen-bond acceptors (Lipinski definition) is 5. The van der Waals surface area contributed by atoms with Gasteiger partial charge < -0.3 is 4.42 Å². The Kier molecular flexibility index (Phi) is 5.00. The van der Waals surface area contributed by atoms with Crippen molar-refractivity contribution in [3.8, 4) is 17.4 Å². The van der Waals surface area contributed by atoms with Gasteiger partial charge in [-0.05, 0) is 42.8 Å².